The lowest BCUT2D eigenvalue weighted by atomic mass is 9.83. The molecule has 2 fully saturated rings. The Morgan fingerprint density at radius 2 is 1.78 bits per heavy atom. The van der Waals surface area contributed by atoms with E-state index in [-0.39, 0.29) is 0 Å². The molecule has 6 rings (SSSR count). The lowest BCUT2D eigenvalue weighted by molar-refractivity contribution is 0.0608. The van der Waals surface area contributed by atoms with Gasteiger partial charge in [-0.05, 0) is 79.3 Å². The highest BCUT2D eigenvalue weighted by Crippen LogP contribution is 2.42. The van der Waals surface area contributed by atoms with Gasteiger partial charge in [-0.1, -0.05) is 6.92 Å². The molecule has 2 aromatic carbocycles. The lowest BCUT2D eigenvalue weighted by Crippen LogP contribution is -2.57. The van der Waals surface area contributed by atoms with Gasteiger partial charge >= 0.3 is 0 Å². The second-order valence-corrected chi connectivity index (χ2v) is 16.6. The number of anilines is 5. The van der Waals surface area contributed by atoms with Crippen molar-refractivity contribution < 1.29 is 9.30 Å². The number of nitrogens with one attached hydrogen (secondary N) is 2. The molecule has 0 unspecified atom stereocenters. The third kappa shape index (κ3) is 6.72. The molecule has 3 heterocycles. The number of halogens is 1. The highest BCUT2D eigenvalue weighted by molar-refractivity contribution is 9.10. The van der Waals surface area contributed by atoms with Crippen LogP contribution in [0.5, 0.6) is 5.75 Å². The van der Waals surface area contributed by atoms with E-state index in [1.807, 2.05) is 12.1 Å². The van der Waals surface area contributed by atoms with Crippen molar-refractivity contribution in [3.05, 3.63) is 52.9 Å². The Bertz CT molecular complexity index is 1770. The van der Waals surface area contributed by atoms with Crippen LogP contribution in [0.4, 0.5) is 28.8 Å². The van der Waals surface area contributed by atoms with Crippen LogP contribution in [0.1, 0.15) is 25.3 Å². The highest BCUT2D eigenvalue weighted by Gasteiger charge is 2.37. The smallest absolute Gasteiger partial charge is 0.229 e. The number of methoxy groups -OCH3 is 1. The zero-order chi connectivity index (χ0) is 32.6. The quantitative estimate of drug-likeness (QED) is 0.198. The molecule has 0 bridgehead atoms. The van der Waals surface area contributed by atoms with Crippen molar-refractivity contribution in [3.63, 3.8) is 0 Å². The average Bonchev–Trinajstić information content (AvgIpc) is 3.01. The van der Waals surface area contributed by atoms with Gasteiger partial charge in [-0.3, -0.25) is 14.9 Å². The van der Waals surface area contributed by atoms with E-state index in [0.717, 1.165) is 44.0 Å². The van der Waals surface area contributed by atoms with Gasteiger partial charge in [0, 0.05) is 75.7 Å². The second kappa shape index (κ2) is 13.4. The minimum Gasteiger partial charge on any atom is -0.494 e. The predicted octanol–water partition coefficient (Wildman–Crippen LogP) is 5.70. The van der Waals surface area contributed by atoms with Crippen molar-refractivity contribution >= 4 is 68.2 Å². The number of aromatic nitrogens is 4. The normalized spacial score (nSPS) is 19.1. The van der Waals surface area contributed by atoms with Gasteiger partial charge < -0.3 is 29.7 Å². The molecular weight excluding hydrogens is 665 g/mol. The third-order valence-corrected chi connectivity index (χ3v) is 11.4. The van der Waals surface area contributed by atoms with Crippen LogP contribution in [0.3, 0.4) is 0 Å². The fraction of sp³-hybridized carbons (Fsp3) is 0.455. The van der Waals surface area contributed by atoms with E-state index in [2.05, 4.69) is 89.4 Å². The molecule has 0 amide bonds. The number of aryl methyl sites for hydroxylation is 1. The summed E-state index contributed by atoms with van der Waals surface area (Å²) < 4.78 is 20.0. The topological polar surface area (TPSA) is 112 Å². The van der Waals surface area contributed by atoms with E-state index >= 15 is 0 Å². The number of benzene rings is 2. The van der Waals surface area contributed by atoms with E-state index in [9.17, 15) is 4.57 Å². The standard InChI is InChI=1S/C33H43BrN9O2P/c1-7-21-16-27(29(45-4)19-28(21)42(3)22-17-23(18-22)43-14-12-41(2)13-15-43)39-33-37-20-24(34)32(40-33)38-26-9-8-25-30(36-11-10-35-25)31(26)46(5,6)44/h8-11,16,19-20,22-23H,7,12-15,17-18H2,1-6H3,(H2,37,38,39,40)/t22-,23-. The van der Waals surface area contributed by atoms with E-state index in [4.69, 9.17) is 9.72 Å². The summed E-state index contributed by atoms with van der Waals surface area (Å²) in [6.07, 6.45) is 8.19. The van der Waals surface area contributed by atoms with Crippen LogP contribution in [0.15, 0.2) is 47.3 Å². The van der Waals surface area contributed by atoms with Crippen molar-refractivity contribution in [1.82, 2.24) is 29.7 Å². The van der Waals surface area contributed by atoms with Crippen LogP contribution < -0.4 is 25.6 Å². The van der Waals surface area contributed by atoms with Crippen molar-refractivity contribution in [1.29, 1.82) is 0 Å². The summed E-state index contributed by atoms with van der Waals surface area (Å²) in [6.45, 7) is 10.3. The molecule has 2 aromatic heterocycles. The van der Waals surface area contributed by atoms with E-state index in [1.165, 1.54) is 24.1 Å². The summed E-state index contributed by atoms with van der Waals surface area (Å²) in [4.78, 5) is 25.7. The molecule has 1 aliphatic heterocycles. The zero-order valence-corrected chi connectivity index (χ0v) is 29.9. The van der Waals surface area contributed by atoms with Gasteiger partial charge in [-0.15, -0.1) is 0 Å². The first-order chi connectivity index (χ1) is 22.0. The molecule has 46 heavy (non-hydrogen) atoms. The highest BCUT2D eigenvalue weighted by atomic mass is 79.9. The molecule has 1 saturated carbocycles. The first-order valence-electron chi connectivity index (χ1n) is 15.8. The van der Waals surface area contributed by atoms with Gasteiger partial charge in [0.15, 0.2) is 0 Å². The molecule has 2 N–H and O–H groups in total. The molecule has 11 nitrogen and oxygen atoms in total. The Morgan fingerprint density at radius 1 is 1.04 bits per heavy atom. The fourth-order valence-electron chi connectivity index (χ4n) is 6.48. The Balaban J connectivity index is 1.22. The van der Waals surface area contributed by atoms with Gasteiger partial charge in [0.1, 0.15) is 24.2 Å². The van der Waals surface area contributed by atoms with Crippen LogP contribution in [-0.4, -0.2) is 103 Å². The number of rotatable bonds is 10. The molecule has 0 atom stereocenters. The molecule has 244 valence electrons. The first-order valence-corrected chi connectivity index (χ1v) is 19.2. The Hall–Kier alpha value is -3.31. The molecular formula is C33H43BrN9O2P. The molecule has 0 spiro atoms. The monoisotopic (exact) mass is 707 g/mol. The van der Waals surface area contributed by atoms with Gasteiger partial charge in [0.2, 0.25) is 5.95 Å². The molecule has 13 heteroatoms. The number of fused-ring (bicyclic) bond motifs is 1. The summed E-state index contributed by atoms with van der Waals surface area (Å²) in [5.41, 5.74) is 5.19. The van der Waals surface area contributed by atoms with E-state index < -0.39 is 7.14 Å². The Morgan fingerprint density at radius 3 is 2.48 bits per heavy atom. The maximum atomic E-state index is 13.4. The summed E-state index contributed by atoms with van der Waals surface area (Å²) >= 11 is 3.58. The van der Waals surface area contributed by atoms with Crippen LogP contribution in [-0.2, 0) is 11.0 Å². The number of nitrogens with zero attached hydrogens (tertiary/aromatic N) is 7. The molecule has 2 aliphatic rings. The molecule has 1 saturated heterocycles. The lowest BCUT2D eigenvalue weighted by Gasteiger charge is -2.49. The van der Waals surface area contributed by atoms with E-state index in [1.54, 1.807) is 39.0 Å². The van der Waals surface area contributed by atoms with Crippen molar-refractivity contribution in [3.8, 4) is 5.75 Å². The minimum absolute atomic E-state index is 0.402. The number of hydrogen-bond acceptors (Lipinski definition) is 11. The number of hydrogen-bond donors (Lipinski definition) is 2. The summed E-state index contributed by atoms with van der Waals surface area (Å²) in [7, 11) is 3.37. The fourth-order valence-corrected chi connectivity index (χ4v) is 8.16. The van der Waals surface area contributed by atoms with Crippen LogP contribution in [0.25, 0.3) is 11.0 Å². The van der Waals surface area contributed by atoms with Crippen molar-refractivity contribution in [2.75, 3.05) is 76.2 Å². The predicted molar refractivity (Wildman–Crippen MR) is 192 cm³/mol. The number of ether oxygens (including phenoxy) is 1. The van der Waals surface area contributed by atoms with Gasteiger partial charge in [-0.2, -0.15) is 4.98 Å². The second-order valence-electron chi connectivity index (χ2n) is 12.6. The minimum atomic E-state index is -2.74. The van der Waals surface area contributed by atoms with Crippen molar-refractivity contribution in [2.24, 2.45) is 0 Å². The Labute approximate surface area is 279 Å². The first kappa shape index (κ1) is 32.6. The van der Waals surface area contributed by atoms with Crippen LogP contribution >= 0.6 is 23.1 Å². The summed E-state index contributed by atoms with van der Waals surface area (Å²) in [5.74, 6) is 1.66. The third-order valence-electron chi connectivity index (χ3n) is 9.25. The SMILES string of the molecule is CCc1cc(Nc2ncc(Br)c(Nc3ccc4nccnc4c3P(C)(C)=O)n2)c(OC)cc1N(C)[C@H]1C[C@H](N2CCN(C)CC2)C1. The molecule has 0 radical (unpaired) electrons. The zero-order valence-electron chi connectivity index (χ0n) is 27.4. The van der Waals surface area contributed by atoms with Gasteiger partial charge in [-0.25, -0.2) is 4.98 Å². The van der Waals surface area contributed by atoms with Gasteiger partial charge in [0.05, 0.1) is 33.8 Å². The number of likely N-dealkylation sites (N-methyl/N-ethyl adjacent to an activating group) is 1. The van der Waals surface area contributed by atoms with Crippen LogP contribution in [0.2, 0.25) is 0 Å². The summed E-state index contributed by atoms with van der Waals surface area (Å²) in [6, 6.07) is 9.19. The van der Waals surface area contributed by atoms with Gasteiger partial charge in [0.25, 0.3) is 0 Å². The van der Waals surface area contributed by atoms with E-state index in [0.29, 0.717) is 50.3 Å². The maximum absolute atomic E-state index is 13.4. The summed E-state index contributed by atoms with van der Waals surface area (Å²) in [5, 5.41) is 7.40. The van der Waals surface area contributed by atoms with Crippen LogP contribution in [0, 0.1) is 0 Å². The van der Waals surface area contributed by atoms with Crippen molar-refractivity contribution in [2.45, 2.75) is 38.3 Å². The average molecular weight is 709 g/mol. The molecule has 1 aliphatic carbocycles. The maximum Gasteiger partial charge on any atom is 0.229 e. The number of piperazine rings is 1. The molecule has 4 aromatic rings. The Kier molecular flexibility index (Phi) is 9.53. The largest absolute Gasteiger partial charge is 0.494 e.